The molecule has 9 heteroatoms. The molecule has 102 valence electrons. The second kappa shape index (κ2) is 4.80. The van der Waals surface area contributed by atoms with E-state index in [9.17, 15) is 18.0 Å². The second-order valence-corrected chi connectivity index (χ2v) is 4.56. The van der Waals surface area contributed by atoms with Crippen LogP contribution in [0.1, 0.15) is 0 Å². The zero-order chi connectivity index (χ0) is 14.2. The van der Waals surface area contributed by atoms with Crippen molar-refractivity contribution in [1.29, 1.82) is 0 Å². The Kier molecular flexibility index (Phi) is 3.48. The van der Waals surface area contributed by atoms with Crippen LogP contribution in [0.4, 0.5) is 19.0 Å². The average Bonchev–Trinajstić information content (AvgIpc) is 2.66. The van der Waals surface area contributed by atoms with Gasteiger partial charge >= 0.3 is 6.18 Å². The van der Waals surface area contributed by atoms with E-state index in [-0.39, 0.29) is 5.82 Å². The fourth-order valence-electron chi connectivity index (χ4n) is 1.64. The minimum Gasteiger partial charge on any atom is -0.326 e. The van der Waals surface area contributed by atoms with Crippen LogP contribution in [-0.4, -0.2) is 41.4 Å². The molecule has 5 nitrogen and oxygen atoms in total. The molecule has 0 amide bonds. The lowest BCUT2D eigenvalue weighted by Gasteiger charge is -2.23. The van der Waals surface area contributed by atoms with E-state index < -0.39 is 18.2 Å². The Morgan fingerprint density at radius 2 is 2.11 bits per heavy atom. The minimum atomic E-state index is -4.63. The Balaban J connectivity index is 2.44. The van der Waals surface area contributed by atoms with Crippen LogP contribution in [0.25, 0.3) is 0 Å². The van der Waals surface area contributed by atoms with Crippen molar-refractivity contribution in [2.75, 3.05) is 12.1 Å². The molecule has 2 rings (SSSR count). The van der Waals surface area contributed by atoms with E-state index in [1.807, 2.05) is 0 Å². The van der Waals surface area contributed by atoms with E-state index in [0.717, 1.165) is 17.0 Å². The highest BCUT2D eigenvalue weighted by Crippen LogP contribution is 2.29. The van der Waals surface area contributed by atoms with Gasteiger partial charge in [-0.05, 0) is 28.1 Å². The number of amidine groups is 1. The van der Waals surface area contributed by atoms with Gasteiger partial charge in [-0.25, -0.2) is 9.99 Å². The Morgan fingerprint density at radius 1 is 1.42 bits per heavy atom. The fourth-order valence-corrected chi connectivity index (χ4v) is 1.97. The number of halogens is 4. The highest BCUT2D eigenvalue weighted by Gasteiger charge is 2.47. The van der Waals surface area contributed by atoms with Crippen molar-refractivity contribution in [3.63, 3.8) is 0 Å². The van der Waals surface area contributed by atoms with Crippen LogP contribution in [0.15, 0.2) is 27.9 Å². The smallest absolute Gasteiger partial charge is 0.326 e. The molecule has 19 heavy (non-hydrogen) atoms. The van der Waals surface area contributed by atoms with Crippen LogP contribution in [0.2, 0.25) is 0 Å². The predicted molar refractivity (Wildman–Crippen MR) is 65.5 cm³/mol. The lowest BCUT2D eigenvalue weighted by molar-refractivity contribution is -0.111. The van der Waals surface area contributed by atoms with E-state index >= 15 is 0 Å². The third kappa shape index (κ3) is 2.55. The van der Waals surface area contributed by atoms with Gasteiger partial charge in [0.25, 0.3) is 0 Å². The number of aromatic nitrogens is 1. The van der Waals surface area contributed by atoms with Gasteiger partial charge in [-0.1, -0.05) is 6.07 Å². The number of alkyl halides is 3. The van der Waals surface area contributed by atoms with Gasteiger partial charge in [-0.3, -0.25) is 4.79 Å². The first-order chi connectivity index (χ1) is 8.84. The molecule has 0 aliphatic carbocycles. The average molecular weight is 337 g/mol. The van der Waals surface area contributed by atoms with Crippen LogP contribution >= 0.6 is 15.9 Å². The molecule has 2 heterocycles. The number of hydrogen-bond acceptors (Lipinski definition) is 5. The third-order valence-electron chi connectivity index (χ3n) is 2.49. The van der Waals surface area contributed by atoms with E-state index in [0.29, 0.717) is 10.9 Å². The number of anilines is 1. The van der Waals surface area contributed by atoms with E-state index in [4.69, 9.17) is 0 Å². The molecule has 1 aliphatic rings. The molecule has 1 aromatic heterocycles. The normalized spacial score (nSPS) is 19.6. The van der Waals surface area contributed by atoms with Crippen LogP contribution < -0.4 is 5.01 Å². The van der Waals surface area contributed by atoms with Gasteiger partial charge in [-0.15, -0.1) is 5.10 Å². The van der Waals surface area contributed by atoms with E-state index in [1.165, 1.54) is 6.07 Å². The van der Waals surface area contributed by atoms with Crippen molar-refractivity contribution < 1.29 is 18.0 Å². The maximum atomic E-state index is 12.7. The van der Waals surface area contributed by atoms with Gasteiger partial charge in [-0.2, -0.15) is 13.2 Å². The summed E-state index contributed by atoms with van der Waals surface area (Å²) < 4.78 is 38.7. The second-order valence-electron chi connectivity index (χ2n) is 3.75. The Bertz CT molecular complexity index is 534. The Hall–Kier alpha value is -1.64. The summed E-state index contributed by atoms with van der Waals surface area (Å²) in [5.41, 5.74) is 0. The molecule has 0 saturated heterocycles. The number of hydrogen-bond donors (Lipinski definition) is 0. The predicted octanol–water partition coefficient (Wildman–Crippen LogP) is 2.00. The molecule has 0 spiro atoms. The van der Waals surface area contributed by atoms with Crippen LogP contribution in [0.5, 0.6) is 0 Å². The van der Waals surface area contributed by atoms with Crippen molar-refractivity contribution >= 4 is 33.9 Å². The number of hydrazone groups is 1. The Morgan fingerprint density at radius 3 is 2.63 bits per heavy atom. The zero-order valence-electron chi connectivity index (χ0n) is 9.60. The summed E-state index contributed by atoms with van der Waals surface area (Å²) >= 11 is 3.11. The minimum absolute atomic E-state index is 0.151. The molecule has 0 radical (unpaired) electrons. The molecule has 1 aromatic rings. The number of rotatable bonds is 2. The summed E-state index contributed by atoms with van der Waals surface area (Å²) in [5, 5.41) is 4.37. The molecule has 1 aliphatic heterocycles. The molecular weight excluding hydrogens is 329 g/mol. The largest absolute Gasteiger partial charge is 0.451 e. The molecule has 0 aromatic carbocycles. The van der Waals surface area contributed by atoms with Gasteiger partial charge in [0.1, 0.15) is 4.60 Å². The first-order valence-electron chi connectivity index (χ1n) is 5.10. The van der Waals surface area contributed by atoms with Gasteiger partial charge in [0, 0.05) is 7.05 Å². The van der Waals surface area contributed by atoms with E-state index in [2.05, 4.69) is 26.0 Å². The lowest BCUT2D eigenvalue weighted by atomic mass is 10.4. The van der Waals surface area contributed by atoms with Gasteiger partial charge in [0.15, 0.2) is 18.3 Å². The highest BCUT2D eigenvalue weighted by molar-refractivity contribution is 9.10. The fraction of sp³-hybridized carbons (Fsp3) is 0.300. The van der Waals surface area contributed by atoms with Crippen molar-refractivity contribution in [3.8, 4) is 0 Å². The van der Waals surface area contributed by atoms with Crippen LogP contribution in [-0.2, 0) is 4.79 Å². The van der Waals surface area contributed by atoms with Crippen molar-refractivity contribution in [3.05, 3.63) is 22.8 Å². The monoisotopic (exact) mass is 336 g/mol. The van der Waals surface area contributed by atoms with Gasteiger partial charge in [0.05, 0.1) is 0 Å². The number of aldehydes is 1. The van der Waals surface area contributed by atoms with Crippen molar-refractivity contribution in [1.82, 2.24) is 9.88 Å². The first kappa shape index (κ1) is 13.8. The van der Waals surface area contributed by atoms with Crippen molar-refractivity contribution in [2.24, 2.45) is 5.10 Å². The maximum Gasteiger partial charge on any atom is 0.451 e. The quantitative estimate of drug-likeness (QED) is 0.612. The molecule has 0 bridgehead atoms. The van der Waals surface area contributed by atoms with Crippen LogP contribution in [0.3, 0.4) is 0 Å². The highest BCUT2D eigenvalue weighted by atomic mass is 79.9. The number of nitrogens with zero attached hydrogens (tertiary/aromatic N) is 4. The zero-order valence-corrected chi connectivity index (χ0v) is 11.2. The lowest BCUT2D eigenvalue weighted by Crippen LogP contribution is -2.44. The summed E-state index contributed by atoms with van der Waals surface area (Å²) in [5.74, 6) is -0.982. The first-order valence-corrected chi connectivity index (χ1v) is 5.89. The van der Waals surface area contributed by atoms with Gasteiger partial charge < -0.3 is 4.90 Å². The summed E-state index contributed by atoms with van der Waals surface area (Å²) in [6, 6.07) is 4.68. The number of carbonyl (C=O) groups excluding carboxylic acids is 1. The SMILES string of the molecule is CN1C(C(F)(F)F)=NN(c2cccc(Br)n2)C1C=O. The third-order valence-corrected chi connectivity index (χ3v) is 2.94. The number of carbonyl (C=O) groups is 1. The van der Waals surface area contributed by atoms with Gasteiger partial charge in [0.2, 0.25) is 5.84 Å². The summed E-state index contributed by atoms with van der Waals surface area (Å²) in [4.78, 5) is 15.7. The van der Waals surface area contributed by atoms with E-state index in [1.54, 1.807) is 12.1 Å². The molecule has 0 fully saturated rings. The molecule has 0 saturated carbocycles. The molecular formula is C10H8BrF3N4O. The summed E-state index contributed by atoms with van der Waals surface area (Å²) in [7, 11) is 1.16. The Labute approximate surface area is 114 Å². The summed E-state index contributed by atoms with van der Waals surface area (Å²) in [6.45, 7) is 0. The van der Waals surface area contributed by atoms with Crippen LogP contribution in [0, 0.1) is 0 Å². The summed E-state index contributed by atoms with van der Waals surface area (Å²) in [6.07, 6.45) is -5.42. The molecule has 1 unspecified atom stereocenters. The maximum absolute atomic E-state index is 12.7. The number of pyridine rings is 1. The molecule has 0 N–H and O–H groups in total. The molecule has 1 atom stereocenters. The van der Waals surface area contributed by atoms with Crippen molar-refractivity contribution in [2.45, 2.75) is 12.3 Å². The number of likely N-dealkylation sites (N-methyl/N-ethyl adjacent to an activating group) is 1. The topological polar surface area (TPSA) is 48.8 Å². The standard InChI is InChI=1S/C10H8BrF3N4O/c1-17-8(5-19)18(16-9(17)10(12,13)14)7-4-2-3-6(11)15-7/h2-5,8H,1H3.